The topological polar surface area (TPSA) is 12.5 Å². The Labute approximate surface area is 166 Å². The van der Waals surface area contributed by atoms with Crippen LogP contribution in [-0.4, -0.2) is 30.2 Å². The Morgan fingerprint density at radius 1 is 1.04 bits per heavy atom. The Kier molecular flexibility index (Phi) is 6.82. The number of rotatable bonds is 6. The molecule has 0 bridgehead atoms. The van der Waals surface area contributed by atoms with Crippen LogP contribution in [0.2, 0.25) is 0 Å². The number of hydrogen-bond donors (Lipinski definition) is 0. The van der Waals surface area contributed by atoms with E-state index >= 15 is 0 Å². The van der Waals surface area contributed by atoms with Crippen molar-refractivity contribution in [3.63, 3.8) is 0 Å². The van der Waals surface area contributed by atoms with Crippen LogP contribution in [0.3, 0.4) is 0 Å². The molecule has 27 heavy (non-hydrogen) atoms. The van der Waals surface area contributed by atoms with Gasteiger partial charge in [-0.25, -0.2) is 0 Å². The second-order valence-electron chi connectivity index (χ2n) is 6.88. The van der Waals surface area contributed by atoms with Crippen LogP contribution in [0, 0.1) is 0 Å². The van der Waals surface area contributed by atoms with Crippen molar-refractivity contribution in [2.75, 3.05) is 13.1 Å². The summed E-state index contributed by atoms with van der Waals surface area (Å²) in [5.74, 6) is 0.730. The van der Waals surface area contributed by atoms with Crippen molar-refractivity contribution < 1.29 is 17.9 Å². The maximum atomic E-state index is 13.2. The first-order valence-electron chi connectivity index (χ1n) is 9.19. The first-order chi connectivity index (χ1) is 12.9. The van der Waals surface area contributed by atoms with E-state index in [0.29, 0.717) is 32.5 Å². The van der Waals surface area contributed by atoms with Crippen molar-refractivity contribution in [3.8, 4) is 5.75 Å². The van der Waals surface area contributed by atoms with Gasteiger partial charge in [-0.2, -0.15) is 13.2 Å². The lowest BCUT2D eigenvalue weighted by atomic mass is 10.0. The summed E-state index contributed by atoms with van der Waals surface area (Å²) in [5.41, 5.74) is 2.08. The van der Waals surface area contributed by atoms with Gasteiger partial charge in [-0.1, -0.05) is 42.8 Å². The first kappa shape index (κ1) is 20.2. The largest absolute Gasteiger partial charge is 0.488 e. The molecule has 0 N–H and O–H groups in total. The first-order valence-corrected chi connectivity index (χ1v) is 9.99. The zero-order valence-electron chi connectivity index (χ0n) is 15.0. The summed E-state index contributed by atoms with van der Waals surface area (Å²) in [6.07, 6.45) is -1.86. The van der Waals surface area contributed by atoms with Gasteiger partial charge in [0, 0.05) is 6.54 Å². The van der Waals surface area contributed by atoms with Gasteiger partial charge in [0.05, 0.1) is 4.47 Å². The standard InChI is InChI=1S/C21H23BrF3NO/c22-18-14-16(9-10-19(18)27-15-17-6-2-1-3-7-17)11-13-26-12-5-4-8-20(26)21(23,24)25/h1-3,6-7,9-10,14,20H,4-5,8,11-13,15H2. The second kappa shape index (κ2) is 9.11. The van der Waals surface area contributed by atoms with E-state index in [1.807, 2.05) is 48.5 Å². The molecule has 0 aromatic heterocycles. The summed E-state index contributed by atoms with van der Waals surface area (Å²) in [4.78, 5) is 1.58. The van der Waals surface area contributed by atoms with Crippen LogP contribution in [0.1, 0.15) is 30.4 Å². The molecule has 2 aromatic rings. The van der Waals surface area contributed by atoms with Gasteiger partial charge in [0.25, 0.3) is 0 Å². The van der Waals surface area contributed by atoms with E-state index in [-0.39, 0.29) is 6.42 Å². The zero-order valence-corrected chi connectivity index (χ0v) is 16.6. The van der Waals surface area contributed by atoms with Crippen LogP contribution >= 0.6 is 15.9 Å². The highest BCUT2D eigenvalue weighted by Crippen LogP contribution is 2.32. The minimum atomic E-state index is -4.14. The van der Waals surface area contributed by atoms with Crippen LogP contribution in [0.5, 0.6) is 5.75 Å². The fourth-order valence-electron chi connectivity index (χ4n) is 3.45. The number of alkyl halides is 3. The molecule has 2 nitrogen and oxygen atoms in total. The average Bonchev–Trinajstić information content (AvgIpc) is 2.66. The minimum absolute atomic E-state index is 0.208. The van der Waals surface area contributed by atoms with E-state index in [9.17, 15) is 13.2 Å². The summed E-state index contributed by atoms with van der Waals surface area (Å²) < 4.78 is 46.2. The van der Waals surface area contributed by atoms with Crippen LogP contribution in [-0.2, 0) is 13.0 Å². The zero-order chi connectivity index (χ0) is 19.3. The molecule has 1 fully saturated rings. The van der Waals surface area contributed by atoms with Crippen molar-refractivity contribution in [1.82, 2.24) is 4.90 Å². The van der Waals surface area contributed by atoms with Gasteiger partial charge in [0.15, 0.2) is 0 Å². The number of benzene rings is 2. The highest BCUT2D eigenvalue weighted by atomic mass is 79.9. The summed E-state index contributed by atoms with van der Waals surface area (Å²) >= 11 is 3.51. The molecule has 0 spiro atoms. The van der Waals surface area contributed by atoms with Gasteiger partial charge in [-0.3, -0.25) is 4.90 Å². The third kappa shape index (κ3) is 5.72. The Hall–Kier alpha value is -1.53. The fourth-order valence-corrected chi connectivity index (χ4v) is 3.99. The highest BCUT2D eigenvalue weighted by molar-refractivity contribution is 9.10. The molecule has 6 heteroatoms. The second-order valence-corrected chi connectivity index (χ2v) is 7.73. The van der Waals surface area contributed by atoms with E-state index in [0.717, 1.165) is 27.8 Å². The maximum absolute atomic E-state index is 13.2. The minimum Gasteiger partial charge on any atom is -0.488 e. The Morgan fingerprint density at radius 3 is 2.52 bits per heavy atom. The van der Waals surface area contributed by atoms with Crippen molar-refractivity contribution in [1.29, 1.82) is 0 Å². The van der Waals surface area contributed by atoms with Gasteiger partial charge in [-0.15, -0.1) is 0 Å². The molecule has 0 aliphatic carbocycles. The van der Waals surface area contributed by atoms with E-state index in [2.05, 4.69) is 15.9 Å². The lowest BCUT2D eigenvalue weighted by molar-refractivity contribution is -0.190. The average molecular weight is 442 g/mol. The molecule has 0 amide bonds. The van der Waals surface area contributed by atoms with Gasteiger partial charge in [0.1, 0.15) is 18.4 Å². The van der Waals surface area contributed by atoms with E-state index in [1.54, 1.807) is 4.90 Å². The van der Waals surface area contributed by atoms with Gasteiger partial charge in [0.2, 0.25) is 0 Å². The lowest BCUT2D eigenvalue weighted by Gasteiger charge is -2.36. The van der Waals surface area contributed by atoms with Crippen molar-refractivity contribution >= 4 is 15.9 Å². The molecule has 1 atom stereocenters. The van der Waals surface area contributed by atoms with E-state index < -0.39 is 12.2 Å². The Bertz CT molecular complexity index is 736. The SMILES string of the molecule is FC(F)(F)C1CCCCN1CCc1ccc(OCc2ccccc2)c(Br)c1. The quantitative estimate of drug-likeness (QED) is 0.545. The summed E-state index contributed by atoms with van der Waals surface area (Å²) in [6.45, 7) is 1.41. The number of piperidine rings is 1. The molecule has 1 unspecified atom stereocenters. The number of hydrogen-bond acceptors (Lipinski definition) is 2. The third-order valence-corrected chi connectivity index (χ3v) is 5.53. The van der Waals surface area contributed by atoms with Crippen LogP contribution in [0.15, 0.2) is 53.0 Å². The molecular weight excluding hydrogens is 419 g/mol. The van der Waals surface area contributed by atoms with E-state index in [4.69, 9.17) is 4.74 Å². The Morgan fingerprint density at radius 2 is 1.81 bits per heavy atom. The lowest BCUT2D eigenvalue weighted by Crippen LogP contribution is -2.49. The smallest absolute Gasteiger partial charge is 0.404 e. The molecule has 2 aromatic carbocycles. The van der Waals surface area contributed by atoms with E-state index in [1.165, 1.54) is 0 Å². The molecule has 1 aliphatic heterocycles. The van der Waals surface area contributed by atoms with Gasteiger partial charge >= 0.3 is 6.18 Å². The summed E-state index contributed by atoms with van der Waals surface area (Å²) in [7, 11) is 0. The highest BCUT2D eigenvalue weighted by Gasteiger charge is 2.44. The predicted octanol–water partition coefficient (Wildman–Crippen LogP) is 5.99. The summed E-state index contributed by atoms with van der Waals surface area (Å²) in [6, 6.07) is 14.3. The molecular formula is C21H23BrF3NO. The van der Waals surface area contributed by atoms with Crippen LogP contribution in [0.25, 0.3) is 0 Å². The molecule has 0 radical (unpaired) electrons. The molecule has 146 valence electrons. The third-order valence-electron chi connectivity index (χ3n) is 4.91. The molecule has 1 aliphatic rings. The predicted molar refractivity (Wildman–Crippen MR) is 104 cm³/mol. The van der Waals surface area contributed by atoms with Crippen molar-refractivity contribution in [3.05, 3.63) is 64.1 Å². The molecule has 3 rings (SSSR count). The fraction of sp³-hybridized carbons (Fsp3) is 0.429. The number of halogens is 4. The van der Waals surface area contributed by atoms with Crippen molar-refractivity contribution in [2.45, 2.75) is 44.5 Å². The van der Waals surface area contributed by atoms with Crippen molar-refractivity contribution in [2.24, 2.45) is 0 Å². The molecule has 0 saturated carbocycles. The normalized spacial score (nSPS) is 18.4. The number of likely N-dealkylation sites (tertiary alicyclic amines) is 1. The van der Waals surface area contributed by atoms with Crippen LogP contribution < -0.4 is 4.74 Å². The van der Waals surface area contributed by atoms with Gasteiger partial charge < -0.3 is 4.74 Å². The number of ether oxygens (including phenoxy) is 1. The van der Waals surface area contributed by atoms with Crippen LogP contribution in [0.4, 0.5) is 13.2 Å². The molecule has 1 saturated heterocycles. The maximum Gasteiger partial charge on any atom is 0.404 e. The summed E-state index contributed by atoms with van der Waals surface area (Å²) in [5, 5.41) is 0. The number of nitrogens with zero attached hydrogens (tertiary/aromatic N) is 1. The monoisotopic (exact) mass is 441 g/mol. The van der Waals surface area contributed by atoms with Gasteiger partial charge in [-0.05, 0) is 65.0 Å². The molecule has 1 heterocycles. The Balaban J connectivity index is 1.57.